The van der Waals surface area contributed by atoms with Crippen molar-refractivity contribution in [2.24, 2.45) is 0 Å². The third-order valence-electron chi connectivity index (χ3n) is 1.70. The lowest BCUT2D eigenvalue weighted by atomic mass is 10.3. The number of ether oxygens (including phenoxy) is 1. The Morgan fingerprint density at radius 1 is 1.38 bits per heavy atom. The molecule has 2 radical (unpaired) electrons. The molecule has 0 aromatic heterocycles. The van der Waals surface area contributed by atoms with Crippen LogP contribution in [0.4, 0.5) is 10.5 Å². The van der Waals surface area contributed by atoms with Crippen LogP contribution in [0.3, 0.4) is 0 Å². The summed E-state index contributed by atoms with van der Waals surface area (Å²) in [5, 5.41) is 2.65. The van der Waals surface area contributed by atoms with E-state index in [2.05, 4.69) is 11.0 Å². The molecular weight excluding hydrogens is 218 g/mol. The Bertz CT molecular complexity index is 359. The second kappa shape index (κ2) is 6.84. The highest BCUT2D eigenvalue weighted by atomic mass is 28.2. The second-order valence-electron chi connectivity index (χ2n) is 3.49. The number of para-hydroxylation sites is 1. The molecule has 0 aliphatic heterocycles. The van der Waals surface area contributed by atoms with Gasteiger partial charge in [-0.1, -0.05) is 29.5 Å². The molecule has 0 atom stereocenters. The molecule has 0 spiro atoms. The summed E-state index contributed by atoms with van der Waals surface area (Å²) >= 11 is 0. The van der Waals surface area contributed by atoms with Crippen LogP contribution in [0.5, 0.6) is 0 Å². The maximum atomic E-state index is 11.3. The van der Waals surface area contributed by atoms with E-state index in [1.54, 1.807) is 0 Å². The summed E-state index contributed by atoms with van der Waals surface area (Å²) in [6.45, 7) is 4.05. The van der Waals surface area contributed by atoms with Crippen LogP contribution in [0.15, 0.2) is 41.6 Å². The average Bonchev–Trinajstić information content (AvgIpc) is 2.25. The summed E-state index contributed by atoms with van der Waals surface area (Å²) in [6.07, 6.45) is 0.0324. The first-order valence-electron chi connectivity index (χ1n) is 5.04. The minimum absolute atomic E-state index is 0.402. The first-order chi connectivity index (χ1) is 7.68. The Labute approximate surface area is 98.3 Å². The summed E-state index contributed by atoms with van der Waals surface area (Å²) in [5.41, 5.74) is 4.05. The van der Waals surface area contributed by atoms with Crippen LogP contribution < -0.4 is 5.32 Å². The van der Waals surface area contributed by atoms with E-state index in [9.17, 15) is 4.79 Å². The van der Waals surface area contributed by atoms with Gasteiger partial charge in [0.2, 0.25) is 0 Å². The number of amides is 1. The quantitative estimate of drug-likeness (QED) is 0.641. The topological polar surface area (TPSA) is 38.3 Å². The number of allylic oxidation sites excluding steroid dienone is 1. The molecule has 0 saturated carbocycles. The van der Waals surface area contributed by atoms with E-state index < -0.39 is 6.09 Å². The van der Waals surface area contributed by atoms with Gasteiger partial charge < -0.3 is 4.74 Å². The van der Waals surface area contributed by atoms with Crippen LogP contribution in [-0.2, 0) is 4.74 Å². The van der Waals surface area contributed by atoms with E-state index >= 15 is 0 Å². The highest BCUT2D eigenvalue weighted by molar-refractivity contribution is 6.42. The van der Waals surface area contributed by atoms with Crippen LogP contribution in [-0.4, -0.2) is 21.8 Å². The molecule has 1 amide bonds. The number of anilines is 1. The molecule has 1 rings (SSSR count). The molecular formula is C12H15NO2Si. The fraction of sp³-hybridized carbons (Fsp3) is 0.250. The van der Waals surface area contributed by atoms with E-state index in [0.717, 1.165) is 5.69 Å². The monoisotopic (exact) mass is 233 g/mol. The first kappa shape index (κ1) is 12.5. The normalized spacial score (nSPS) is 9.38. The van der Waals surface area contributed by atoms with E-state index in [1.165, 1.54) is 5.57 Å². The number of hydrogen-bond acceptors (Lipinski definition) is 2. The van der Waals surface area contributed by atoms with Gasteiger partial charge in [-0.15, -0.1) is 0 Å². The molecule has 0 saturated heterocycles. The van der Waals surface area contributed by atoms with E-state index in [4.69, 9.17) is 4.74 Å². The summed E-state index contributed by atoms with van der Waals surface area (Å²) in [4.78, 5) is 11.3. The van der Waals surface area contributed by atoms with E-state index in [1.807, 2.05) is 44.2 Å². The third kappa shape index (κ3) is 5.36. The molecule has 0 unspecified atom stereocenters. The smallest absolute Gasteiger partial charge is 0.411 e. The van der Waals surface area contributed by atoms with Crippen LogP contribution in [0.25, 0.3) is 0 Å². The molecule has 0 aliphatic carbocycles. The molecule has 1 aromatic carbocycles. The van der Waals surface area contributed by atoms with Crippen LogP contribution in [0.2, 0.25) is 0 Å². The molecule has 0 heterocycles. The number of carbonyl (C=O) groups is 1. The third-order valence-corrected chi connectivity index (χ3v) is 2.79. The summed E-state index contributed by atoms with van der Waals surface area (Å²) in [6, 6.07) is 9.26. The zero-order chi connectivity index (χ0) is 11.8. The van der Waals surface area contributed by atoms with E-state index in [0.29, 0.717) is 15.7 Å². The molecule has 84 valence electrons. The Morgan fingerprint density at radius 2 is 2.06 bits per heavy atom. The highest BCUT2D eigenvalue weighted by Crippen LogP contribution is 2.04. The molecule has 4 heteroatoms. The largest absolute Gasteiger partial charge is 0.453 e. The molecule has 16 heavy (non-hydrogen) atoms. The van der Waals surface area contributed by atoms with Gasteiger partial charge in [-0.2, -0.15) is 0 Å². The molecule has 3 nitrogen and oxygen atoms in total. The van der Waals surface area contributed by atoms with Gasteiger partial charge in [0.05, 0.1) is 6.23 Å². The van der Waals surface area contributed by atoms with Gasteiger partial charge in [-0.25, -0.2) is 4.79 Å². The summed E-state index contributed by atoms with van der Waals surface area (Å²) in [7, 11) is 0.521. The van der Waals surface area contributed by atoms with Gasteiger partial charge in [-0.3, -0.25) is 5.32 Å². The zero-order valence-corrected chi connectivity index (χ0v) is 10.5. The molecule has 1 N–H and O–H groups in total. The Balaban J connectivity index is 2.24. The van der Waals surface area contributed by atoms with Crippen molar-refractivity contribution < 1.29 is 9.53 Å². The lowest BCUT2D eigenvalue weighted by Gasteiger charge is -2.05. The lowest BCUT2D eigenvalue weighted by Crippen LogP contribution is -2.16. The Morgan fingerprint density at radius 3 is 2.69 bits per heavy atom. The van der Waals surface area contributed by atoms with Crippen LogP contribution >= 0.6 is 0 Å². The minimum Gasteiger partial charge on any atom is -0.453 e. The molecule has 1 aromatic rings. The van der Waals surface area contributed by atoms with Crippen LogP contribution in [0.1, 0.15) is 13.8 Å². The first-order valence-corrected chi connectivity index (χ1v) is 6.32. The second-order valence-corrected chi connectivity index (χ2v) is 4.48. The van der Waals surface area contributed by atoms with Crippen LogP contribution in [0, 0.1) is 0 Å². The average molecular weight is 233 g/mol. The van der Waals surface area contributed by atoms with Crippen molar-refractivity contribution in [3.8, 4) is 0 Å². The Hall–Kier alpha value is -1.55. The number of carbonyl (C=O) groups excluding carboxylic acids is 1. The van der Waals surface area contributed by atoms with Crippen molar-refractivity contribution in [2.45, 2.75) is 13.8 Å². The maximum absolute atomic E-state index is 11.3. The number of nitrogens with one attached hydrogen (secondary N) is 1. The van der Waals surface area contributed by atoms with Crippen molar-refractivity contribution >= 4 is 21.3 Å². The van der Waals surface area contributed by atoms with Crippen molar-refractivity contribution in [2.75, 3.05) is 11.5 Å². The van der Waals surface area contributed by atoms with Gasteiger partial charge >= 0.3 is 6.09 Å². The predicted molar refractivity (Wildman–Crippen MR) is 66.6 cm³/mol. The van der Waals surface area contributed by atoms with Gasteiger partial charge in [0, 0.05) is 5.69 Å². The SMILES string of the molecule is CC(C)=C[Si]COC(=O)Nc1ccccc1. The molecule has 0 aliphatic rings. The van der Waals surface area contributed by atoms with Gasteiger partial charge in [0.15, 0.2) is 0 Å². The number of rotatable bonds is 4. The standard InChI is InChI=1S/C12H15NO2Si/c1-10(2)8-16-9-15-12(14)13-11-6-4-3-5-7-11/h3-8H,9H2,1-2H3,(H,13,14). The minimum atomic E-state index is -0.402. The fourth-order valence-electron chi connectivity index (χ4n) is 1.03. The number of hydrogen-bond donors (Lipinski definition) is 1. The maximum Gasteiger partial charge on any atom is 0.411 e. The van der Waals surface area contributed by atoms with Crippen molar-refractivity contribution in [3.63, 3.8) is 0 Å². The summed E-state index contributed by atoms with van der Waals surface area (Å²) in [5.74, 6) is 0. The highest BCUT2D eigenvalue weighted by Gasteiger charge is 2.01. The van der Waals surface area contributed by atoms with E-state index in [-0.39, 0.29) is 0 Å². The van der Waals surface area contributed by atoms with Crippen molar-refractivity contribution in [3.05, 3.63) is 41.6 Å². The van der Waals surface area contributed by atoms with Crippen molar-refractivity contribution in [1.82, 2.24) is 0 Å². The van der Waals surface area contributed by atoms with Crippen molar-refractivity contribution in [1.29, 1.82) is 0 Å². The van der Waals surface area contributed by atoms with Gasteiger partial charge in [0.1, 0.15) is 9.52 Å². The summed E-state index contributed by atoms with van der Waals surface area (Å²) < 4.78 is 5.01. The predicted octanol–water partition coefficient (Wildman–Crippen LogP) is 2.82. The lowest BCUT2D eigenvalue weighted by molar-refractivity contribution is 0.180. The fourth-order valence-corrected chi connectivity index (χ4v) is 1.73. The molecule has 0 bridgehead atoms. The molecule has 0 fully saturated rings. The zero-order valence-electron chi connectivity index (χ0n) is 9.49. The Kier molecular flexibility index (Phi) is 5.35. The number of benzene rings is 1. The van der Waals surface area contributed by atoms with Gasteiger partial charge in [0.25, 0.3) is 0 Å². The van der Waals surface area contributed by atoms with Gasteiger partial charge in [-0.05, 0) is 26.0 Å².